The molecule has 1 amide bonds. The number of rotatable bonds is 6. The quantitative estimate of drug-likeness (QED) is 0.522. The summed E-state index contributed by atoms with van der Waals surface area (Å²) >= 11 is 0. The van der Waals surface area contributed by atoms with Crippen LogP contribution < -0.4 is 10.2 Å². The van der Waals surface area contributed by atoms with E-state index in [0.29, 0.717) is 30.4 Å². The molecule has 2 aliphatic heterocycles. The predicted molar refractivity (Wildman–Crippen MR) is 136 cm³/mol. The first kappa shape index (κ1) is 24.5. The molecule has 2 aliphatic rings. The van der Waals surface area contributed by atoms with Crippen molar-refractivity contribution < 1.29 is 14.3 Å². The molecule has 10 nitrogen and oxygen atoms in total. The van der Waals surface area contributed by atoms with Crippen LogP contribution in [0.3, 0.4) is 0 Å². The van der Waals surface area contributed by atoms with Gasteiger partial charge in [-0.1, -0.05) is 12.1 Å². The van der Waals surface area contributed by atoms with Crippen LogP contribution in [0, 0.1) is 11.3 Å². The third-order valence-electron chi connectivity index (χ3n) is 6.72. The molecule has 37 heavy (non-hydrogen) atoms. The molecule has 0 bridgehead atoms. The summed E-state index contributed by atoms with van der Waals surface area (Å²) in [6.07, 6.45) is 0.370. The molecule has 2 saturated heterocycles. The van der Waals surface area contributed by atoms with Gasteiger partial charge >= 0.3 is 0 Å². The van der Waals surface area contributed by atoms with E-state index in [9.17, 15) is 14.3 Å². The summed E-state index contributed by atoms with van der Waals surface area (Å²) < 4.78 is 14.0. The Morgan fingerprint density at radius 3 is 2.65 bits per heavy atom. The first-order valence-electron chi connectivity index (χ1n) is 12.1. The molecule has 0 radical (unpaired) electrons. The first-order chi connectivity index (χ1) is 18.0. The van der Waals surface area contributed by atoms with E-state index < -0.39 is 18.7 Å². The number of likely N-dealkylation sites (tertiary alicyclic amines) is 1. The summed E-state index contributed by atoms with van der Waals surface area (Å²) in [7, 11) is 0. The van der Waals surface area contributed by atoms with Gasteiger partial charge in [-0.05, 0) is 36.4 Å². The normalized spacial score (nSPS) is 20.0. The van der Waals surface area contributed by atoms with Gasteiger partial charge in [0.05, 0.1) is 24.3 Å². The maximum absolute atomic E-state index is 14.0. The maximum atomic E-state index is 14.0. The average molecular weight is 503 g/mol. The number of halogens is 1. The number of carbonyl (C=O) groups excluding carboxylic acids is 1. The van der Waals surface area contributed by atoms with Gasteiger partial charge in [0, 0.05) is 49.5 Å². The van der Waals surface area contributed by atoms with Crippen molar-refractivity contribution in [1.82, 2.24) is 24.8 Å². The second-order valence-corrected chi connectivity index (χ2v) is 9.04. The SMILES string of the molecule is N#Cc1cccc(-c2ncnc(Nc3ccc(N4CCN(C5CC(F)CN5C(=O)CO)CC4)cc3)n2)c1. The van der Waals surface area contributed by atoms with Crippen LogP contribution in [0.15, 0.2) is 54.9 Å². The minimum absolute atomic E-state index is 0.0493. The molecule has 0 aliphatic carbocycles. The van der Waals surface area contributed by atoms with Crippen molar-refractivity contribution in [3.05, 3.63) is 60.4 Å². The molecule has 3 aromatic rings. The zero-order valence-corrected chi connectivity index (χ0v) is 20.2. The molecule has 2 atom stereocenters. The van der Waals surface area contributed by atoms with Gasteiger partial charge in [0.25, 0.3) is 0 Å². The zero-order valence-electron chi connectivity index (χ0n) is 20.2. The van der Waals surface area contributed by atoms with Gasteiger partial charge in [-0.15, -0.1) is 0 Å². The van der Waals surface area contributed by atoms with E-state index in [4.69, 9.17) is 5.26 Å². The lowest BCUT2D eigenvalue weighted by Crippen LogP contribution is -2.55. The monoisotopic (exact) mass is 502 g/mol. The lowest BCUT2D eigenvalue weighted by molar-refractivity contribution is -0.138. The fourth-order valence-electron chi connectivity index (χ4n) is 4.86. The third-order valence-corrected chi connectivity index (χ3v) is 6.72. The highest BCUT2D eigenvalue weighted by atomic mass is 19.1. The molecule has 2 aromatic carbocycles. The lowest BCUT2D eigenvalue weighted by Gasteiger charge is -2.41. The van der Waals surface area contributed by atoms with E-state index in [1.807, 2.05) is 30.3 Å². The Bertz CT molecular complexity index is 1290. The Morgan fingerprint density at radius 2 is 1.92 bits per heavy atom. The Hall–Kier alpha value is -4.14. The number of piperazine rings is 1. The number of benzene rings is 2. The largest absolute Gasteiger partial charge is 0.387 e. The Labute approximate surface area is 214 Å². The predicted octanol–water partition coefficient (Wildman–Crippen LogP) is 2.16. The van der Waals surface area contributed by atoms with Crippen LogP contribution in [0.2, 0.25) is 0 Å². The highest BCUT2D eigenvalue weighted by molar-refractivity contribution is 5.77. The minimum atomic E-state index is -1.05. The van der Waals surface area contributed by atoms with Gasteiger partial charge in [0.1, 0.15) is 19.1 Å². The number of amides is 1. The van der Waals surface area contributed by atoms with Gasteiger partial charge in [0.15, 0.2) is 5.82 Å². The third kappa shape index (κ3) is 5.50. The summed E-state index contributed by atoms with van der Waals surface area (Å²) in [5.41, 5.74) is 3.16. The van der Waals surface area contributed by atoms with Crippen LogP contribution in [0.4, 0.5) is 21.7 Å². The smallest absolute Gasteiger partial charge is 0.249 e. The number of hydrogen-bond donors (Lipinski definition) is 2. The number of aromatic nitrogens is 3. The molecule has 2 unspecified atom stereocenters. The summed E-state index contributed by atoms with van der Waals surface area (Å²) in [5, 5.41) is 21.5. The topological polar surface area (TPSA) is 122 Å². The standard InChI is InChI=1S/C26H27FN8O2/c27-20-13-23(35(15-20)24(37)16-36)34-10-8-33(9-11-34)22-6-4-21(5-7-22)31-26-30-17-29-25(32-26)19-3-1-2-18(12-19)14-28/h1-7,12,17,20,23,36H,8-11,13,15-16H2,(H,29,30,31,32). The van der Waals surface area contributed by atoms with E-state index in [1.165, 1.54) is 11.2 Å². The molecule has 0 saturated carbocycles. The van der Waals surface area contributed by atoms with Crippen molar-refractivity contribution in [2.75, 3.05) is 49.5 Å². The van der Waals surface area contributed by atoms with Gasteiger partial charge in [0.2, 0.25) is 11.9 Å². The summed E-state index contributed by atoms with van der Waals surface area (Å²) in [4.78, 5) is 30.8. The number of aliphatic hydroxyl groups is 1. The number of hydrogen-bond acceptors (Lipinski definition) is 9. The van der Waals surface area contributed by atoms with Gasteiger partial charge < -0.3 is 20.2 Å². The molecule has 5 rings (SSSR count). The highest BCUT2D eigenvalue weighted by Crippen LogP contribution is 2.27. The Kier molecular flexibility index (Phi) is 7.20. The molecule has 2 N–H and O–H groups in total. The fraction of sp³-hybridized carbons (Fsp3) is 0.346. The van der Waals surface area contributed by atoms with E-state index >= 15 is 0 Å². The second-order valence-electron chi connectivity index (χ2n) is 9.04. The first-order valence-corrected chi connectivity index (χ1v) is 12.1. The van der Waals surface area contributed by atoms with Crippen molar-refractivity contribution in [2.45, 2.75) is 18.8 Å². The van der Waals surface area contributed by atoms with Crippen molar-refractivity contribution in [2.24, 2.45) is 0 Å². The van der Waals surface area contributed by atoms with Gasteiger partial charge in [-0.3, -0.25) is 9.69 Å². The highest BCUT2D eigenvalue weighted by Gasteiger charge is 2.39. The number of alkyl halides is 1. The number of aliphatic hydroxyl groups excluding tert-OH is 1. The Morgan fingerprint density at radius 1 is 1.14 bits per heavy atom. The van der Waals surface area contributed by atoms with E-state index in [0.717, 1.165) is 30.0 Å². The second kappa shape index (κ2) is 10.9. The molecule has 1 aromatic heterocycles. The van der Waals surface area contributed by atoms with Crippen LogP contribution in [-0.4, -0.2) is 87.4 Å². The van der Waals surface area contributed by atoms with Crippen LogP contribution in [0.5, 0.6) is 0 Å². The zero-order chi connectivity index (χ0) is 25.8. The van der Waals surface area contributed by atoms with Crippen molar-refractivity contribution in [1.29, 1.82) is 5.26 Å². The van der Waals surface area contributed by atoms with Crippen LogP contribution in [-0.2, 0) is 4.79 Å². The fourth-order valence-corrected chi connectivity index (χ4v) is 4.86. The molecule has 3 heterocycles. The summed E-state index contributed by atoms with van der Waals surface area (Å²) in [5.74, 6) is 0.458. The van der Waals surface area contributed by atoms with Crippen molar-refractivity contribution in [3.63, 3.8) is 0 Å². The number of nitrogens with zero attached hydrogens (tertiary/aromatic N) is 7. The molecule has 11 heteroatoms. The minimum Gasteiger partial charge on any atom is -0.387 e. The maximum Gasteiger partial charge on any atom is 0.249 e. The van der Waals surface area contributed by atoms with E-state index in [-0.39, 0.29) is 19.1 Å². The van der Waals surface area contributed by atoms with Crippen molar-refractivity contribution >= 4 is 23.2 Å². The molecular formula is C26H27FN8O2. The van der Waals surface area contributed by atoms with E-state index in [2.05, 4.69) is 36.1 Å². The molecule has 0 spiro atoms. The van der Waals surface area contributed by atoms with Crippen molar-refractivity contribution in [3.8, 4) is 17.5 Å². The molecule has 2 fully saturated rings. The number of nitriles is 1. The van der Waals surface area contributed by atoms with E-state index in [1.54, 1.807) is 18.2 Å². The average Bonchev–Trinajstić information content (AvgIpc) is 3.35. The van der Waals surface area contributed by atoms with Gasteiger partial charge in [-0.25, -0.2) is 14.4 Å². The van der Waals surface area contributed by atoms with Crippen LogP contribution >= 0.6 is 0 Å². The van der Waals surface area contributed by atoms with Crippen LogP contribution in [0.25, 0.3) is 11.4 Å². The summed E-state index contributed by atoms with van der Waals surface area (Å²) in [6.45, 7) is 2.36. The molecule has 190 valence electrons. The number of anilines is 3. The van der Waals surface area contributed by atoms with Crippen LogP contribution in [0.1, 0.15) is 12.0 Å². The molecular weight excluding hydrogens is 475 g/mol. The number of nitrogens with one attached hydrogen (secondary N) is 1. The lowest BCUT2D eigenvalue weighted by atomic mass is 10.1. The number of carbonyl (C=O) groups is 1. The Balaban J connectivity index is 1.20. The van der Waals surface area contributed by atoms with Gasteiger partial charge in [-0.2, -0.15) is 10.2 Å². The summed E-state index contributed by atoms with van der Waals surface area (Å²) in [6, 6.07) is 17.2.